The van der Waals surface area contributed by atoms with Crippen molar-refractivity contribution in [3.05, 3.63) is 65.4 Å². The average Bonchev–Trinajstić information content (AvgIpc) is 2.58. The van der Waals surface area contributed by atoms with Gasteiger partial charge in [0.1, 0.15) is 11.6 Å². The highest BCUT2D eigenvalue weighted by Gasteiger charge is 2.23. The molecule has 0 aliphatic rings. The molecule has 0 aliphatic heterocycles. The number of anilines is 3. The maximum absolute atomic E-state index is 12.7. The van der Waals surface area contributed by atoms with E-state index < -0.39 is 11.8 Å². The summed E-state index contributed by atoms with van der Waals surface area (Å²) in [5.74, 6) is -1.20. The van der Waals surface area contributed by atoms with Crippen LogP contribution in [0.3, 0.4) is 0 Å². The third-order valence-corrected chi connectivity index (χ3v) is 3.77. The molecule has 0 radical (unpaired) electrons. The topological polar surface area (TPSA) is 99.2 Å². The van der Waals surface area contributed by atoms with Crippen molar-refractivity contribution < 1.29 is 9.59 Å². The van der Waals surface area contributed by atoms with Gasteiger partial charge < -0.3 is 11.1 Å². The van der Waals surface area contributed by atoms with Crippen molar-refractivity contribution in [3.63, 3.8) is 0 Å². The van der Waals surface area contributed by atoms with Crippen LogP contribution < -0.4 is 16.0 Å². The molecule has 2 amide bonds. The van der Waals surface area contributed by atoms with Crippen LogP contribution in [0.1, 0.15) is 18.1 Å². The zero-order chi connectivity index (χ0) is 19.3. The molecule has 132 valence electrons. The molecular weight excluding hydrogens is 328 g/mol. The highest BCUT2D eigenvalue weighted by molar-refractivity contribution is 6.21. The Labute approximate surface area is 152 Å². The van der Waals surface area contributed by atoms with Crippen LogP contribution in [0.2, 0.25) is 0 Å². The molecule has 6 nitrogen and oxygen atoms in total. The first-order chi connectivity index (χ1) is 12.3. The molecule has 0 atom stereocenters. The molecule has 0 bridgehead atoms. The van der Waals surface area contributed by atoms with Crippen LogP contribution in [0.15, 0.2) is 54.2 Å². The van der Waals surface area contributed by atoms with Gasteiger partial charge in [0.05, 0.1) is 5.69 Å². The molecule has 2 aromatic carbocycles. The van der Waals surface area contributed by atoms with Gasteiger partial charge in [-0.1, -0.05) is 17.7 Å². The van der Waals surface area contributed by atoms with Crippen molar-refractivity contribution in [2.75, 3.05) is 16.0 Å². The van der Waals surface area contributed by atoms with Crippen LogP contribution in [0.4, 0.5) is 17.1 Å². The highest BCUT2D eigenvalue weighted by atomic mass is 16.2. The van der Waals surface area contributed by atoms with E-state index in [9.17, 15) is 14.9 Å². The van der Waals surface area contributed by atoms with Crippen molar-refractivity contribution in [1.29, 1.82) is 5.26 Å². The minimum Gasteiger partial charge on any atom is -0.399 e. The molecular formula is C20H20N4O2. The standard InChI is InChI=1S/C20H20N4O2/c1-13-4-9-19(14(2)10-13)23-12-16(11-21)20(26)24(15(3)25)18-7-5-17(22)6-8-18/h4-10,12,23H,22H2,1-3H3/b16-12-. The Hall–Kier alpha value is -3.59. The Balaban J connectivity index is 2.31. The number of hydrogen-bond acceptors (Lipinski definition) is 5. The fraction of sp³-hybridized carbons (Fsp3) is 0.150. The molecule has 0 aliphatic carbocycles. The number of nitrogens with zero attached hydrogens (tertiary/aromatic N) is 2. The quantitative estimate of drug-likeness (QED) is 0.502. The number of nitrogens with two attached hydrogens (primary N) is 1. The molecule has 0 heterocycles. The average molecular weight is 348 g/mol. The monoisotopic (exact) mass is 348 g/mol. The summed E-state index contributed by atoms with van der Waals surface area (Å²) in [5.41, 5.74) is 9.19. The number of rotatable bonds is 4. The summed E-state index contributed by atoms with van der Waals surface area (Å²) < 4.78 is 0. The number of nitrogens with one attached hydrogen (secondary N) is 1. The second-order valence-electron chi connectivity index (χ2n) is 5.88. The molecule has 0 unspecified atom stereocenters. The molecule has 0 aromatic heterocycles. The lowest BCUT2D eigenvalue weighted by molar-refractivity contribution is -0.123. The predicted molar refractivity (Wildman–Crippen MR) is 102 cm³/mol. The molecule has 0 saturated heterocycles. The lowest BCUT2D eigenvalue weighted by Gasteiger charge is -2.19. The number of aryl methyl sites for hydroxylation is 2. The van der Waals surface area contributed by atoms with Gasteiger partial charge in [-0.25, -0.2) is 4.90 Å². The van der Waals surface area contributed by atoms with E-state index in [0.717, 1.165) is 21.7 Å². The third-order valence-electron chi connectivity index (χ3n) is 3.77. The Kier molecular flexibility index (Phi) is 5.76. The third kappa shape index (κ3) is 4.28. The van der Waals surface area contributed by atoms with Crippen LogP contribution in [0, 0.1) is 25.2 Å². The van der Waals surface area contributed by atoms with Crippen LogP contribution >= 0.6 is 0 Å². The van der Waals surface area contributed by atoms with E-state index in [-0.39, 0.29) is 5.57 Å². The fourth-order valence-corrected chi connectivity index (χ4v) is 2.45. The van der Waals surface area contributed by atoms with E-state index in [2.05, 4.69) is 5.32 Å². The predicted octanol–water partition coefficient (Wildman–Crippen LogP) is 3.28. The number of benzene rings is 2. The molecule has 0 fully saturated rings. The van der Waals surface area contributed by atoms with Crippen LogP contribution in [0.25, 0.3) is 0 Å². The van der Waals surface area contributed by atoms with Crippen molar-refractivity contribution in [3.8, 4) is 6.07 Å². The van der Waals surface area contributed by atoms with Crippen LogP contribution in [-0.4, -0.2) is 11.8 Å². The number of amides is 2. The smallest absolute Gasteiger partial charge is 0.277 e. The molecule has 3 N–H and O–H groups in total. The van der Waals surface area contributed by atoms with Gasteiger partial charge in [-0.2, -0.15) is 5.26 Å². The first kappa shape index (κ1) is 18.7. The zero-order valence-electron chi connectivity index (χ0n) is 14.9. The SMILES string of the molecule is CC(=O)N(C(=O)/C(C#N)=C\Nc1ccc(C)cc1C)c1ccc(N)cc1. The summed E-state index contributed by atoms with van der Waals surface area (Å²) in [7, 11) is 0. The van der Waals surface area contributed by atoms with Crippen molar-refractivity contribution in [2.45, 2.75) is 20.8 Å². The maximum Gasteiger partial charge on any atom is 0.277 e. The minimum absolute atomic E-state index is 0.183. The number of carbonyl (C=O) groups excluding carboxylic acids is 2. The van der Waals surface area contributed by atoms with Gasteiger partial charge in [-0.05, 0) is 49.7 Å². The maximum atomic E-state index is 12.7. The Morgan fingerprint density at radius 3 is 2.35 bits per heavy atom. The molecule has 6 heteroatoms. The van der Waals surface area contributed by atoms with Crippen LogP contribution in [-0.2, 0) is 9.59 Å². The molecule has 26 heavy (non-hydrogen) atoms. The lowest BCUT2D eigenvalue weighted by atomic mass is 10.1. The van der Waals surface area contributed by atoms with E-state index in [1.54, 1.807) is 24.3 Å². The van der Waals surface area contributed by atoms with E-state index in [1.165, 1.54) is 13.1 Å². The summed E-state index contributed by atoms with van der Waals surface area (Å²) in [6.07, 6.45) is 1.31. The highest BCUT2D eigenvalue weighted by Crippen LogP contribution is 2.20. The van der Waals surface area contributed by atoms with Gasteiger partial charge in [-0.3, -0.25) is 9.59 Å². The van der Waals surface area contributed by atoms with Gasteiger partial charge in [0.15, 0.2) is 0 Å². The summed E-state index contributed by atoms with van der Waals surface area (Å²) in [6.45, 7) is 5.17. The number of carbonyl (C=O) groups is 2. The normalized spacial score (nSPS) is 10.8. The summed E-state index contributed by atoms with van der Waals surface area (Å²) in [4.78, 5) is 25.6. The summed E-state index contributed by atoms with van der Waals surface area (Å²) in [6, 6.07) is 13.9. The zero-order valence-corrected chi connectivity index (χ0v) is 14.9. The Morgan fingerprint density at radius 2 is 1.81 bits per heavy atom. The molecule has 0 saturated carbocycles. The second kappa shape index (κ2) is 7.99. The number of imide groups is 1. The van der Waals surface area contributed by atoms with Crippen molar-refractivity contribution >= 4 is 28.9 Å². The van der Waals surface area contributed by atoms with Crippen molar-refractivity contribution in [1.82, 2.24) is 0 Å². The van der Waals surface area contributed by atoms with E-state index in [1.807, 2.05) is 38.1 Å². The van der Waals surface area contributed by atoms with Crippen molar-refractivity contribution in [2.24, 2.45) is 0 Å². The van der Waals surface area contributed by atoms with E-state index in [4.69, 9.17) is 5.73 Å². The first-order valence-electron chi connectivity index (χ1n) is 7.98. The van der Waals surface area contributed by atoms with Gasteiger partial charge in [0.25, 0.3) is 5.91 Å². The number of hydrogen-bond donors (Lipinski definition) is 2. The number of nitrogen functional groups attached to an aromatic ring is 1. The van der Waals surface area contributed by atoms with Gasteiger partial charge in [0, 0.05) is 24.5 Å². The molecule has 0 spiro atoms. The van der Waals surface area contributed by atoms with Gasteiger partial charge >= 0.3 is 0 Å². The largest absolute Gasteiger partial charge is 0.399 e. The van der Waals surface area contributed by atoms with Gasteiger partial charge in [0.2, 0.25) is 5.91 Å². The second-order valence-corrected chi connectivity index (χ2v) is 5.88. The molecule has 2 aromatic rings. The lowest BCUT2D eigenvalue weighted by Crippen LogP contribution is -2.36. The number of nitriles is 1. The Morgan fingerprint density at radius 1 is 1.15 bits per heavy atom. The fourth-order valence-electron chi connectivity index (χ4n) is 2.45. The summed E-state index contributed by atoms with van der Waals surface area (Å²) >= 11 is 0. The molecule has 2 rings (SSSR count). The first-order valence-corrected chi connectivity index (χ1v) is 7.98. The summed E-state index contributed by atoms with van der Waals surface area (Å²) in [5, 5.41) is 12.3. The van der Waals surface area contributed by atoms with Crippen LogP contribution in [0.5, 0.6) is 0 Å². The van der Waals surface area contributed by atoms with E-state index in [0.29, 0.717) is 11.4 Å². The Bertz CT molecular complexity index is 908. The van der Waals surface area contributed by atoms with E-state index >= 15 is 0 Å². The minimum atomic E-state index is -0.706. The van der Waals surface area contributed by atoms with Gasteiger partial charge in [-0.15, -0.1) is 0 Å².